The van der Waals surface area contributed by atoms with Gasteiger partial charge in [-0.2, -0.15) is 0 Å². The fourth-order valence-corrected chi connectivity index (χ4v) is 2.92. The summed E-state index contributed by atoms with van der Waals surface area (Å²) in [4.78, 5) is 3.19. The molecular formula is C12H11ClFN3O2S. The van der Waals surface area contributed by atoms with Crippen LogP contribution in [0.4, 0.5) is 15.8 Å². The van der Waals surface area contributed by atoms with E-state index in [1.54, 1.807) is 6.92 Å². The first-order valence-corrected chi connectivity index (χ1v) is 7.36. The molecule has 0 spiro atoms. The van der Waals surface area contributed by atoms with Gasteiger partial charge in [0.05, 0.1) is 5.69 Å². The van der Waals surface area contributed by atoms with Crippen LogP contribution >= 0.6 is 11.6 Å². The van der Waals surface area contributed by atoms with E-state index in [0.717, 1.165) is 12.1 Å². The van der Waals surface area contributed by atoms with E-state index in [0.29, 0.717) is 5.56 Å². The molecule has 0 amide bonds. The van der Waals surface area contributed by atoms with Gasteiger partial charge in [-0.15, -0.1) is 0 Å². The number of benzene rings is 1. The van der Waals surface area contributed by atoms with E-state index in [4.69, 9.17) is 17.3 Å². The van der Waals surface area contributed by atoms with Crippen molar-refractivity contribution in [3.63, 3.8) is 0 Å². The Labute approximate surface area is 120 Å². The van der Waals surface area contributed by atoms with E-state index in [-0.39, 0.29) is 16.5 Å². The van der Waals surface area contributed by atoms with E-state index in [2.05, 4.69) is 9.71 Å². The summed E-state index contributed by atoms with van der Waals surface area (Å²) in [6.07, 6.45) is 1.41. The molecule has 0 aliphatic heterocycles. The summed E-state index contributed by atoms with van der Waals surface area (Å²) in [7, 11) is -4.14. The third kappa shape index (κ3) is 2.83. The van der Waals surface area contributed by atoms with Crippen LogP contribution in [0.5, 0.6) is 0 Å². The minimum Gasteiger partial charge on any atom is -0.398 e. The first kappa shape index (κ1) is 14.5. The Morgan fingerprint density at radius 1 is 1.40 bits per heavy atom. The van der Waals surface area contributed by atoms with Crippen LogP contribution in [0.2, 0.25) is 5.15 Å². The van der Waals surface area contributed by atoms with Gasteiger partial charge < -0.3 is 5.73 Å². The van der Waals surface area contributed by atoms with Crippen LogP contribution in [0, 0.1) is 12.7 Å². The van der Waals surface area contributed by atoms with Gasteiger partial charge in [-0.25, -0.2) is 17.8 Å². The number of nitrogens with zero attached hydrogens (tertiary/aromatic N) is 1. The molecule has 0 aliphatic carbocycles. The van der Waals surface area contributed by atoms with Crippen LogP contribution in [0.25, 0.3) is 0 Å². The van der Waals surface area contributed by atoms with E-state index >= 15 is 0 Å². The van der Waals surface area contributed by atoms with Gasteiger partial charge in [0, 0.05) is 11.9 Å². The molecule has 1 heterocycles. The molecule has 0 saturated carbocycles. The number of nitrogens with one attached hydrogen (secondary N) is 1. The summed E-state index contributed by atoms with van der Waals surface area (Å²) in [5.41, 5.74) is 6.32. The largest absolute Gasteiger partial charge is 0.398 e. The van der Waals surface area contributed by atoms with E-state index < -0.39 is 20.7 Å². The molecule has 0 unspecified atom stereocenters. The van der Waals surface area contributed by atoms with Gasteiger partial charge in [0.1, 0.15) is 10.7 Å². The molecule has 2 rings (SSSR count). The Kier molecular flexibility index (Phi) is 3.82. The highest BCUT2D eigenvalue weighted by molar-refractivity contribution is 7.92. The van der Waals surface area contributed by atoms with Gasteiger partial charge in [-0.1, -0.05) is 11.6 Å². The van der Waals surface area contributed by atoms with Gasteiger partial charge in [0.15, 0.2) is 5.15 Å². The van der Waals surface area contributed by atoms with Gasteiger partial charge in [-0.05, 0) is 36.8 Å². The molecule has 2 aromatic rings. The molecule has 0 radical (unpaired) electrons. The molecule has 5 nitrogen and oxygen atoms in total. The molecule has 0 saturated heterocycles. The fraction of sp³-hybridized carbons (Fsp3) is 0.0833. The fourth-order valence-electron chi connectivity index (χ4n) is 1.54. The number of hydrogen-bond acceptors (Lipinski definition) is 4. The lowest BCUT2D eigenvalue weighted by Crippen LogP contribution is -2.15. The number of pyridine rings is 1. The van der Waals surface area contributed by atoms with Crippen molar-refractivity contribution in [2.24, 2.45) is 0 Å². The highest BCUT2D eigenvalue weighted by atomic mass is 35.5. The Hall–Kier alpha value is -1.86. The Morgan fingerprint density at radius 2 is 2.10 bits per heavy atom. The molecule has 1 aromatic heterocycles. The summed E-state index contributed by atoms with van der Waals surface area (Å²) in [6, 6.07) is 5.05. The second kappa shape index (κ2) is 5.26. The van der Waals surface area contributed by atoms with Crippen LogP contribution in [0.3, 0.4) is 0 Å². The van der Waals surface area contributed by atoms with E-state index in [1.807, 2.05) is 0 Å². The zero-order chi connectivity index (χ0) is 14.9. The highest BCUT2D eigenvalue weighted by Crippen LogP contribution is 2.25. The predicted molar refractivity (Wildman–Crippen MR) is 75.6 cm³/mol. The SMILES string of the molecule is Cc1cc(F)c(S(=O)(=O)Nc2cccnc2Cl)cc1N. The van der Waals surface area contributed by atoms with Gasteiger partial charge in [0.25, 0.3) is 10.0 Å². The van der Waals surface area contributed by atoms with Crippen LogP contribution in [-0.4, -0.2) is 13.4 Å². The van der Waals surface area contributed by atoms with Gasteiger partial charge in [0.2, 0.25) is 0 Å². The zero-order valence-corrected chi connectivity index (χ0v) is 12.0. The molecule has 0 fully saturated rings. The predicted octanol–water partition coefficient (Wildman–Crippen LogP) is 2.57. The molecule has 0 atom stereocenters. The maximum atomic E-state index is 13.8. The smallest absolute Gasteiger partial charge is 0.264 e. The highest BCUT2D eigenvalue weighted by Gasteiger charge is 2.21. The van der Waals surface area contributed by atoms with E-state index in [1.165, 1.54) is 18.3 Å². The summed E-state index contributed by atoms with van der Waals surface area (Å²) < 4.78 is 40.3. The Bertz CT molecular complexity index is 765. The third-order valence-corrected chi connectivity index (χ3v) is 4.30. The number of anilines is 2. The lowest BCUT2D eigenvalue weighted by atomic mass is 10.2. The van der Waals surface area contributed by atoms with Crippen LogP contribution < -0.4 is 10.5 Å². The number of aryl methyl sites for hydroxylation is 1. The first-order chi connectivity index (χ1) is 9.31. The lowest BCUT2D eigenvalue weighted by Gasteiger charge is -2.11. The van der Waals surface area contributed by atoms with Crippen molar-refractivity contribution < 1.29 is 12.8 Å². The summed E-state index contributed by atoms with van der Waals surface area (Å²) >= 11 is 5.76. The molecule has 3 N–H and O–H groups in total. The number of nitrogen functional groups attached to an aromatic ring is 1. The normalized spacial score (nSPS) is 11.3. The Morgan fingerprint density at radius 3 is 2.75 bits per heavy atom. The molecule has 106 valence electrons. The monoisotopic (exact) mass is 315 g/mol. The maximum Gasteiger partial charge on any atom is 0.264 e. The second-order valence-electron chi connectivity index (χ2n) is 4.09. The molecule has 0 bridgehead atoms. The van der Waals surface area contributed by atoms with Crippen LogP contribution in [0.15, 0.2) is 35.4 Å². The number of halogens is 2. The van der Waals surface area contributed by atoms with Gasteiger partial charge in [-0.3, -0.25) is 4.72 Å². The molecular weight excluding hydrogens is 305 g/mol. The van der Waals surface area contributed by atoms with Crippen LogP contribution in [-0.2, 0) is 10.0 Å². The van der Waals surface area contributed by atoms with Crippen molar-refractivity contribution in [2.75, 3.05) is 10.5 Å². The average molecular weight is 316 g/mol. The topological polar surface area (TPSA) is 85.1 Å². The molecule has 0 aliphatic rings. The maximum absolute atomic E-state index is 13.8. The number of aromatic nitrogens is 1. The lowest BCUT2D eigenvalue weighted by molar-refractivity contribution is 0.570. The van der Waals surface area contributed by atoms with Crippen molar-refractivity contribution in [1.82, 2.24) is 4.98 Å². The number of rotatable bonds is 3. The summed E-state index contributed by atoms with van der Waals surface area (Å²) in [6.45, 7) is 1.58. The van der Waals surface area contributed by atoms with Gasteiger partial charge >= 0.3 is 0 Å². The van der Waals surface area contributed by atoms with Crippen molar-refractivity contribution in [2.45, 2.75) is 11.8 Å². The number of nitrogens with two attached hydrogens (primary N) is 1. The standard InChI is InChI=1S/C12H11ClFN3O2S/c1-7-5-8(14)11(6-9(7)15)20(18,19)17-10-3-2-4-16-12(10)13/h2-6,17H,15H2,1H3. The van der Waals surface area contributed by atoms with Crippen molar-refractivity contribution in [3.05, 3.63) is 47.0 Å². The summed E-state index contributed by atoms with van der Waals surface area (Å²) in [5.74, 6) is -0.885. The molecule has 8 heteroatoms. The minimum absolute atomic E-state index is 0.0310. The van der Waals surface area contributed by atoms with Crippen molar-refractivity contribution in [3.8, 4) is 0 Å². The van der Waals surface area contributed by atoms with E-state index in [9.17, 15) is 12.8 Å². The second-order valence-corrected chi connectivity index (χ2v) is 6.10. The molecule has 20 heavy (non-hydrogen) atoms. The number of sulfonamides is 1. The minimum atomic E-state index is -4.14. The first-order valence-electron chi connectivity index (χ1n) is 5.50. The van der Waals surface area contributed by atoms with Crippen molar-refractivity contribution in [1.29, 1.82) is 0 Å². The van der Waals surface area contributed by atoms with Crippen LogP contribution in [0.1, 0.15) is 5.56 Å². The quantitative estimate of drug-likeness (QED) is 0.673. The van der Waals surface area contributed by atoms with Crippen molar-refractivity contribution >= 4 is 33.0 Å². The summed E-state index contributed by atoms with van der Waals surface area (Å²) in [5, 5.41) is -0.0310. The third-order valence-electron chi connectivity index (χ3n) is 2.61. The number of hydrogen-bond donors (Lipinski definition) is 2. The zero-order valence-electron chi connectivity index (χ0n) is 10.4. The molecule has 1 aromatic carbocycles. The average Bonchev–Trinajstić information content (AvgIpc) is 2.36. The Balaban J connectivity index is 2.47.